The number of hydrogen-bond acceptors (Lipinski definition) is 3. The fourth-order valence-corrected chi connectivity index (χ4v) is 3.08. The summed E-state index contributed by atoms with van der Waals surface area (Å²) in [6, 6.07) is 8.05. The zero-order valence-electron chi connectivity index (χ0n) is 11.8. The zero-order valence-corrected chi connectivity index (χ0v) is 13.3. The van der Waals surface area contributed by atoms with E-state index < -0.39 is 0 Å². The molecule has 0 saturated carbocycles. The van der Waals surface area contributed by atoms with Gasteiger partial charge in [0.25, 0.3) is 0 Å². The van der Waals surface area contributed by atoms with E-state index in [1.54, 1.807) is 12.1 Å². The molecule has 0 radical (unpaired) electrons. The second-order valence-electron chi connectivity index (χ2n) is 5.18. The normalized spacial score (nSPS) is 22.4. The highest BCUT2D eigenvalue weighted by Gasteiger charge is 2.28. The number of rotatable bonds is 3. The second kappa shape index (κ2) is 6.78. The first-order valence-corrected chi connectivity index (χ1v) is 7.65. The molecule has 0 bridgehead atoms. The van der Waals surface area contributed by atoms with Gasteiger partial charge in [0.05, 0.1) is 16.1 Å². The van der Waals surface area contributed by atoms with Crippen molar-refractivity contribution < 1.29 is 0 Å². The first-order valence-electron chi connectivity index (χ1n) is 6.89. The van der Waals surface area contributed by atoms with Crippen LogP contribution in [0.3, 0.4) is 0 Å². The zero-order chi connectivity index (χ0) is 14.7. The lowest BCUT2D eigenvalue weighted by molar-refractivity contribution is 0.0730. The number of piperazine rings is 1. The van der Waals surface area contributed by atoms with Crippen molar-refractivity contribution in [2.24, 2.45) is 0 Å². The van der Waals surface area contributed by atoms with Crippen LogP contribution in [0.25, 0.3) is 0 Å². The van der Waals surface area contributed by atoms with Crippen molar-refractivity contribution in [3.8, 4) is 6.07 Å². The topological polar surface area (TPSA) is 30.3 Å². The van der Waals surface area contributed by atoms with Crippen LogP contribution in [0.4, 0.5) is 0 Å². The molecule has 1 aliphatic rings. The third-order valence-corrected chi connectivity index (χ3v) is 4.69. The van der Waals surface area contributed by atoms with Gasteiger partial charge in [-0.15, -0.1) is 0 Å². The van der Waals surface area contributed by atoms with Crippen molar-refractivity contribution >= 4 is 23.2 Å². The van der Waals surface area contributed by atoms with Gasteiger partial charge in [0.1, 0.15) is 6.04 Å². The summed E-state index contributed by atoms with van der Waals surface area (Å²) < 4.78 is 0. The molecule has 5 heteroatoms. The van der Waals surface area contributed by atoms with Gasteiger partial charge in [-0.2, -0.15) is 5.26 Å². The van der Waals surface area contributed by atoms with E-state index in [2.05, 4.69) is 29.7 Å². The van der Waals surface area contributed by atoms with E-state index in [-0.39, 0.29) is 6.04 Å². The molecule has 20 heavy (non-hydrogen) atoms. The molecule has 2 unspecified atom stereocenters. The van der Waals surface area contributed by atoms with Crippen molar-refractivity contribution in [1.29, 1.82) is 5.26 Å². The maximum atomic E-state index is 9.52. The van der Waals surface area contributed by atoms with E-state index in [1.165, 1.54) is 0 Å². The standard InChI is InChI=1S/C15H19Cl2N3/c1-3-19-6-7-20(10-11(19)2)15(9-18)12-4-5-13(16)14(17)8-12/h4-5,8,11,15H,3,6-7,10H2,1-2H3. The van der Waals surface area contributed by atoms with Gasteiger partial charge in [-0.3, -0.25) is 9.80 Å². The molecule has 3 nitrogen and oxygen atoms in total. The van der Waals surface area contributed by atoms with Gasteiger partial charge in [-0.05, 0) is 31.2 Å². The third kappa shape index (κ3) is 3.27. The Hall–Kier alpha value is -0.790. The molecular weight excluding hydrogens is 293 g/mol. The first kappa shape index (κ1) is 15.6. The van der Waals surface area contributed by atoms with Gasteiger partial charge in [-0.25, -0.2) is 0 Å². The molecule has 1 aliphatic heterocycles. The lowest BCUT2D eigenvalue weighted by Crippen LogP contribution is -2.52. The second-order valence-corrected chi connectivity index (χ2v) is 5.99. The number of benzene rings is 1. The summed E-state index contributed by atoms with van der Waals surface area (Å²) in [4.78, 5) is 4.65. The van der Waals surface area contributed by atoms with Crippen LogP contribution >= 0.6 is 23.2 Å². The molecule has 1 saturated heterocycles. The highest BCUT2D eigenvalue weighted by Crippen LogP contribution is 2.29. The summed E-state index contributed by atoms with van der Waals surface area (Å²) in [7, 11) is 0. The molecule has 0 aromatic heterocycles. The van der Waals surface area contributed by atoms with Gasteiger partial charge in [0.15, 0.2) is 0 Å². The smallest absolute Gasteiger partial charge is 0.124 e. The minimum atomic E-state index is -0.258. The van der Waals surface area contributed by atoms with Crippen molar-refractivity contribution in [3.63, 3.8) is 0 Å². The molecule has 1 aromatic carbocycles. The number of nitriles is 1. The molecular formula is C15H19Cl2N3. The average Bonchev–Trinajstić information content (AvgIpc) is 2.44. The molecule has 1 fully saturated rings. The average molecular weight is 312 g/mol. The predicted molar refractivity (Wildman–Crippen MR) is 83.1 cm³/mol. The van der Waals surface area contributed by atoms with Gasteiger partial charge in [0.2, 0.25) is 0 Å². The van der Waals surface area contributed by atoms with Gasteiger partial charge in [-0.1, -0.05) is 36.2 Å². The molecule has 0 amide bonds. The Kier molecular flexibility index (Phi) is 5.29. The fourth-order valence-electron chi connectivity index (χ4n) is 2.78. The number of likely N-dealkylation sites (N-methyl/N-ethyl adjacent to an activating group) is 1. The number of hydrogen-bond donors (Lipinski definition) is 0. The lowest BCUT2D eigenvalue weighted by atomic mass is 10.0. The summed E-state index contributed by atoms with van der Waals surface area (Å²) >= 11 is 12.0. The lowest BCUT2D eigenvalue weighted by Gasteiger charge is -2.41. The van der Waals surface area contributed by atoms with Crippen LogP contribution in [0.5, 0.6) is 0 Å². The van der Waals surface area contributed by atoms with E-state index in [1.807, 2.05) is 6.07 Å². The Morgan fingerprint density at radius 1 is 1.35 bits per heavy atom. The van der Waals surface area contributed by atoms with Crippen LogP contribution < -0.4 is 0 Å². The molecule has 0 spiro atoms. The van der Waals surface area contributed by atoms with Crippen molar-refractivity contribution in [3.05, 3.63) is 33.8 Å². The summed E-state index contributed by atoms with van der Waals surface area (Å²) in [5.74, 6) is 0. The van der Waals surface area contributed by atoms with E-state index in [9.17, 15) is 5.26 Å². The van der Waals surface area contributed by atoms with Crippen LogP contribution in [-0.4, -0.2) is 42.0 Å². The highest BCUT2D eigenvalue weighted by atomic mass is 35.5. The molecule has 0 N–H and O–H groups in total. The Labute approximate surface area is 130 Å². The van der Waals surface area contributed by atoms with Gasteiger partial charge in [0, 0.05) is 25.7 Å². The number of nitrogens with zero attached hydrogens (tertiary/aromatic N) is 3. The summed E-state index contributed by atoms with van der Waals surface area (Å²) in [6.45, 7) is 8.23. The fraction of sp³-hybridized carbons (Fsp3) is 0.533. The van der Waals surface area contributed by atoms with Gasteiger partial charge < -0.3 is 0 Å². The molecule has 1 aromatic rings. The Morgan fingerprint density at radius 3 is 2.65 bits per heavy atom. The summed E-state index contributed by atoms with van der Waals surface area (Å²) in [5, 5.41) is 10.5. The molecule has 2 rings (SSSR count). The summed E-state index contributed by atoms with van der Waals surface area (Å²) in [5.41, 5.74) is 0.916. The van der Waals surface area contributed by atoms with Crippen molar-refractivity contribution in [2.45, 2.75) is 25.9 Å². The quantitative estimate of drug-likeness (QED) is 0.854. The third-order valence-electron chi connectivity index (χ3n) is 3.95. The van der Waals surface area contributed by atoms with Crippen LogP contribution in [0.1, 0.15) is 25.5 Å². The number of halogens is 2. The van der Waals surface area contributed by atoms with Crippen LogP contribution in [0.2, 0.25) is 10.0 Å². The minimum Gasteiger partial charge on any atom is -0.298 e. The summed E-state index contributed by atoms with van der Waals surface area (Å²) in [6.07, 6.45) is 0. The van der Waals surface area contributed by atoms with Gasteiger partial charge >= 0.3 is 0 Å². The van der Waals surface area contributed by atoms with Crippen LogP contribution in [0, 0.1) is 11.3 Å². The molecule has 2 atom stereocenters. The van der Waals surface area contributed by atoms with Crippen LogP contribution in [0.15, 0.2) is 18.2 Å². The Bertz CT molecular complexity index is 512. The minimum absolute atomic E-state index is 0.258. The van der Waals surface area contributed by atoms with E-state index in [0.717, 1.165) is 31.7 Å². The van der Waals surface area contributed by atoms with E-state index in [4.69, 9.17) is 23.2 Å². The predicted octanol–water partition coefficient (Wildman–Crippen LogP) is 3.58. The molecule has 1 heterocycles. The van der Waals surface area contributed by atoms with E-state index in [0.29, 0.717) is 16.1 Å². The Morgan fingerprint density at radius 2 is 2.10 bits per heavy atom. The Balaban J connectivity index is 2.17. The van der Waals surface area contributed by atoms with E-state index >= 15 is 0 Å². The SMILES string of the molecule is CCN1CCN(C(C#N)c2ccc(Cl)c(Cl)c2)CC1C. The maximum Gasteiger partial charge on any atom is 0.124 e. The highest BCUT2D eigenvalue weighted by molar-refractivity contribution is 6.42. The van der Waals surface area contributed by atoms with Crippen molar-refractivity contribution in [1.82, 2.24) is 9.80 Å². The maximum absolute atomic E-state index is 9.52. The first-order chi connectivity index (χ1) is 9.56. The van der Waals surface area contributed by atoms with Crippen molar-refractivity contribution in [2.75, 3.05) is 26.2 Å². The molecule has 0 aliphatic carbocycles. The monoisotopic (exact) mass is 311 g/mol. The molecule has 108 valence electrons. The largest absolute Gasteiger partial charge is 0.298 e. The van der Waals surface area contributed by atoms with Crippen LogP contribution in [-0.2, 0) is 0 Å².